The van der Waals surface area contributed by atoms with Crippen molar-refractivity contribution >= 4 is 57.9 Å². The molecule has 1 fully saturated rings. The molecule has 3 aromatic rings. The van der Waals surface area contributed by atoms with Gasteiger partial charge in [0.1, 0.15) is 11.5 Å². The van der Waals surface area contributed by atoms with Crippen LogP contribution in [-0.2, 0) is 9.59 Å². The zero-order chi connectivity index (χ0) is 21.3. The Bertz CT molecular complexity index is 1180. The van der Waals surface area contributed by atoms with Crippen LogP contribution in [0.25, 0.3) is 17.4 Å². The molecule has 0 bridgehead atoms. The molecule has 0 radical (unpaired) electrons. The number of carbonyl (C=O) groups is 3. The number of benzene rings is 2. The molecule has 4 rings (SSSR count). The lowest BCUT2D eigenvalue weighted by molar-refractivity contribution is -0.114. The summed E-state index contributed by atoms with van der Waals surface area (Å²) in [6.07, 6.45) is 1.54. The number of hydrogen-bond acceptors (Lipinski definition) is 5. The molecule has 0 aliphatic carbocycles. The lowest BCUT2D eigenvalue weighted by Crippen LogP contribution is -2.27. The predicted octanol–water partition coefficient (Wildman–Crippen LogP) is 5.80. The minimum Gasteiger partial charge on any atom is -0.457 e. The Labute approximate surface area is 181 Å². The Morgan fingerprint density at radius 1 is 1.07 bits per heavy atom. The summed E-state index contributed by atoms with van der Waals surface area (Å²) in [7, 11) is 0. The lowest BCUT2D eigenvalue weighted by Gasteiger charge is -2.13. The molecule has 1 aliphatic heterocycles. The second-order valence-electron chi connectivity index (χ2n) is 6.43. The highest BCUT2D eigenvalue weighted by molar-refractivity contribution is 8.19. The molecule has 1 saturated heterocycles. The first-order chi connectivity index (χ1) is 14.4. The van der Waals surface area contributed by atoms with E-state index in [1.165, 1.54) is 13.0 Å². The van der Waals surface area contributed by atoms with E-state index in [9.17, 15) is 14.4 Å². The molecule has 3 amide bonds. The molecule has 150 valence electrons. The van der Waals surface area contributed by atoms with E-state index >= 15 is 0 Å². The molecule has 0 spiro atoms. The molecule has 1 N–H and O–H groups in total. The fourth-order valence-electron chi connectivity index (χ4n) is 2.95. The highest BCUT2D eigenvalue weighted by Crippen LogP contribution is 2.37. The summed E-state index contributed by atoms with van der Waals surface area (Å²) >= 11 is 7.04. The van der Waals surface area contributed by atoms with Gasteiger partial charge in [0.05, 0.1) is 15.6 Å². The standard InChI is InChI=1S/C22H15ClN2O4S/c1-13(26)24-14-6-8-15(9-7-14)25-21(27)20(30-22(25)28)12-16-10-11-19(29-16)17-4-2-3-5-18(17)23/h2-12H,1H3,(H,24,26)/b20-12+. The second kappa shape index (κ2) is 8.22. The quantitative estimate of drug-likeness (QED) is 0.521. The summed E-state index contributed by atoms with van der Waals surface area (Å²) in [5.74, 6) is 0.371. The van der Waals surface area contributed by atoms with Crippen molar-refractivity contribution in [2.45, 2.75) is 6.92 Å². The van der Waals surface area contributed by atoms with Crippen molar-refractivity contribution in [2.24, 2.45) is 0 Å². The van der Waals surface area contributed by atoms with Crippen LogP contribution >= 0.6 is 23.4 Å². The van der Waals surface area contributed by atoms with Gasteiger partial charge in [-0.05, 0) is 60.3 Å². The van der Waals surface area contributed by atoms with Crippen molar-refractivity contribution in [2.75, 3.05) is 10.2 Å². The first kappa shape index (κ1) is 20.0. The summed E-state index contributed by atoms with van der Waals surface area (Å²) in [5.41, 5.74) is 1.74. The van der Waals surface area contributed by atoms with Gasteiger partial charge in [-0.3, -0.25) is 14.4 Å². The Balaban J connectivity index is 1.56. The zero-order valence-electron chi connectivity index (χ0n) is 15.7. The van der Waals surface area contributed by atoms with Crippen LogP contribution in [0.3, 0.4) is 0 Å². The molecular weight excluding hydrogens is 424 g/mol. The predicted molar refractivity (Wildman–Crippen MR) is 118 cm³/mol. The monoisotopic (exact) mass is 438 g/mol. The van der Waals surface area contributed by atoms with Crippen LogP contribution in [0, 0.1) is 0 Å². The van der Waals surface area contributed by atoms with E-state index in [-0.39, 0.29) is 10.8 Å². The highest BCUT2D eigenvalue weighted by Gasteiger charge is 2.36. The Morgan fingerprint density at radius 3 is 2.50 bits per heavy atom. The first-order valence-corrected chi connectivity index (χ1v) is 10.1. The van der Waals surface area contributed by atoms with E-state index in [1.54, 1.807) is 42.5 Å². The number of carbonyl (C=O) groups excluding carboxylic acids is 3. The molecule has 1 aliphatic rings. The van der Waals surface area contributed by atoms with Gasteiger partial charge in [0, 0.05) is 24.3 Å². The minimum absolute atomic E-state index is 0.202. The van der Waals surface area contributed by atoms with Gasteiger partial charge >= 0.3 is 0 Å². The number of rotatable bonds is 4. The molecule has 0 atom stereocenters. The third-order valence-corrected chi connectivity index (χ3v) is 5.48. The van der Waals surface area contributed by atoms with E-state index < -0.39 is 11.1 Å². The van der Waals surface area contributed by atoms with Crippen LogP contribution in [0.4, 0.5) is 16.2 Å². The van der Waals surface area contributed by atoms with Gasteiger partial charge in [0.2, 0.25) is 5.91 Å². The molecule has 0 saturated carbocycles. The van der Waals surface area contributed by atoms with Gasteiger partial charge in [0.15, 0.2) is 0 Å². The maximum Gasteiger partial charge on any atom is 0.298 e. The van der Waals surface area contributed by atoms with Crippen LogP contribution in [0.1, 0.15) is 12.7 Å². The average Bonchev–Trinajstić information content (AvgIpc) is 3.27. The maximum absolute atomic E-state index is 12.8. The Hall–Kier alpha value is -3.29. The van der Waals surface area contributed by atoms with Gasteiger partial charge in [-0.1, -0.05) is 23.7 Å². The lowest BCUT2D eigenvalue weighted by atomic mass is 10.2. The van der Waals surface area contributed by atoms with Gasteiger partial charge in [-0.2, -0.15) is 0 Å². The normalized spacial score (nSPS) is 15.1. The smallest absolute Gasteiger partial charge is 0.298 e. The van der Waals surface area contributed by atoms with Crippen LogP contribution in [0.5, 0.6) is 0 Å². The summed E-state index contributed by atoms with van der Waals surface area (Å²) in [5, 5.41) is 2.79. The van der Waals surface area contributed by atoms with Crippen LogP contribution in [0.15, 0.2) is 70.0 Å². The number of thioether (sulfide) groups is 1. The zero-order valence-corrected chi connectivity index (χ0v) is 17.3. The number of nitrogens with zero attached hydrogens (tertiary/aromatic N) is 1. The number of hydrogen-bond donors (Lipinski definition) is 1. The number of anilines is 2. The van der Waals surface area contributed by atoms with Gasteiger partial charge < -0.3 is 9.73 Å². The molecule has 2 heterocycles. The SMILES string of the molecule is CC(=O)Nc1ccc(N2C(=O)S/C(=C/c3ccc(-c4ccccc4Cl)o3)C2=O)cc1. The van der Waals surface area contributed by atoms with Crippen molar-refractivity contribution < 1.29 is 18.8 Å². The molecule has 2 aromatic carbocycles. The van der Waals surface area contributed by atoms with Gasteiger partial charge in [0.25, 0.3) is 11.1 Å². The van der Waals surface area contributed by atoms with Crippen LogP contribution < -0.4 is 10.2 Å². The maximum atomic E-state index is 12.8. The largest absolute Gasteiger partial charge is 0.457 e. The number of amides is 3. The van der Waals surface area contributed by atoms with Crippen molar-refractivity contribution in [3.63, 3.8) is 0 Å². The van der Waals surface area contributed by atoms with Crippen LogP contribution in [0.2, 0.25) is 5.02 Å². The Morgan fingerprint density at radius 2 is 1.80 bits per heavy atom. The fraction of sp³-hybridized carbons (Fsp3) is 0.0455. The molecule has 8 heteroatoms. The molecule has 6 nitrogen and oxygen atoms in total. The Kier molecular flexibility index (Phi) is 5.48. The van der Waals surface area contributed by atoms with Gasteiger partial charge in [-0.25, -0.2) is 4.90 Å². The molecule has 1 aromatic heterocycles. The summed E-state index contributed by atoms with van der Waals surface area (Å²) < 4.78 is 5.79. The van der Waals surface area contributed by atoms with E-state index in [1.807, 2.05) is 18.2 Å². The second-order valence-corrected chi connectivity index (χ2v) is 7.83. The van der Waals surface area contributed by atoms with E-state index in [2.05, 4.69) is 5.32 Å². The third-order valence-electron chi connectivity index (χ3n) is 4.28. The van der Waals surface area contributed by atoms with E-state index in [0.717, 1.165) is 22.2 Å². The van der Waals surface area contributed by atoms with Crippen molar-refractivity contribution in [3.8, 4) is 11.3 Å². The number of halogens is 1. The summed E-state index contributed by atoms with van der Waals surface area (Å²) in [4.78, 5) is 37.7. The topological polar surface area (TPSA) is 79.6 Å². The molecule has 0 unspecified atom stereocenters. The minimum atomic E-state index is -0.437. The average molecular weight is 439 g/mol. The first-order valence-electron chi connectivity index (χ1n) is 8.93. The van der Waals surface area contributed by atoms with Crippen molar-refractivity contribution in [1.29, 1.82) is 0 Å². The van der Waals surface area contributed by atoms with Crippen LogP contribution in [-0.4, -0.2) is 17.1 Å². The van der Waals surface area contributed by atoms with E-state index in [0.29, 0.717) is 27.9 Å². The van der Waals surface area contributed by atoms with E-state index in [4.69, 9.17) is 16.0 Å². The van der Waals surface area contributed by atoms with Gasteiger partial charge in [-0.15, -0.1) is 0 Å². The third kappa shape index (κ3) is 4.03. The van der Waals surface area contributed by atoms with Crippen molar-refractivity contribution in [1.82, 2.24) is 0 Å². The molecular formula is C22H15ClN2O4S. The number of nitrogens with one attached hydrogen (secondary N) is 1. The summed E-state index contributed by atoms with van der Waals surface area (Å²) in [6, 6.07) is 17.2. The number of imide groups is 1. The molecule has 30 heavy (non-hydrogen) atoms. The fourth-order valence-corrected chi connectivity index (χ4v) is 4.00. The van der Waals surface area contributed by atoms with Crippen molar-refractivity contribution in [3.05, 3.63) is 76.4 Å². The highest BCUT2D eigenvalue weighted by atomic mass is 35.5. The number of furan rings is 1. The summed E-state index contributed by atoms with van der Waals surface area (Å²) in [6.45, 7) is 1.40.